The van der Waals surface area contributed by atoms with Gasteiger partial charge in [-0.25, -0.2) is 4.98 Å². The monoisotopic (exact) mass is 364 g/mol. The fourth-order valence-corrected chi connectivity index (χ4v) is 2.43. The van der Waals surface area contributed by atoms with Gasteiger partial charge in [-0.1, -0.05) is 6.07 Å². The maximum atomic E-state index is 12.2. The lowest BCUT2D eigenvalue weighted by Gasteiger charge is -2.12. The number of hydrogen-bond donors (Lipinski definition) is 2. The van der Waals surface area contributed by atoms with Crippen molar-refractivity contribution in [2.24, 2.45) is 0 Å². The highest BCUT2D eigenvalue weighted by Gasteiger charge is 2.09. The fraction of sp³-hybridized carbons (Fsp3) is 0.150. The number of hydrogen-bond acceptors (Lipinski definition) is 6. The van der Waals surface area contributed by atoms with E-state index in [9.17, 15) is 4.79 Å². The molecule has 2 aromatic heterocycles. The van der Waals surface area contributed by atoms with Crippen LogP contribution in [-0.2, 0) is 6.54 Å². The number of ether oxygens (including phenoxy) is 2. The molecule has 7 heteroatoms. The normalized spacial score (nSPS) is 10.1. The molecule has 0 fully saturated rings. The lowest BCUT2D eigenvalue weighted by atomic mass is 10.2. The average molecular weight is 364 g/mol. The van der Waals surface area contributed by atoms with Gasteiger partial charge in [0.2, 0.25) is 0 Å². The number of methoxy groups -OCH3 is 2. The van der Waals surface area contributed by atoms with Crippen molar-refractivity contribution in [1.82, 2.24) is 15.3 Å². The summed E-state index contributed by atoms with van der Waals surface area (Å²) in [4.78, 5) is 20.7. The van der Waals surface area contributed by atoms with Crippen LogP contribution in [0.3, 0.4) is 0 Å². The predicted octanol–water partition coefficient (Wildman–Crippen LogP) is 3.17. The van der Waals surface area contributed by atoms with E-state index in [0.29, 0.717) is 29.4 Å². The summed E-state index contributed by atoms with van der Waals surface area (Å²) in [5.74, 6) is 1.74. The van der Waals surface area contributed by atoms with Crippen molar-refractivity contribution >= 4 is 17.4 Å². The first kappa shape index (κ1) is 18.2. The minimum absolute atomic E-state index is 0.210. The highest BCUT2D eigenvalue weighted by atomic mass is 16.5. The highest BCUT2D eigenvalue weighted by molar-refractivity contribution is 5.94. The first-order valence-corrected chi connectivity index (χ1v) is 8.33. The molecule has 2 heterocycles. The molecule has 0 aliphatic carbocycles. The molecule has 7 nitrogen and oxygen atoms in total. The van der Waals surface area contributed by atoms with Gasteiger partial charge in [0.15, 0.2) is 0 Å². The molecule has 3 rings (SSSR count). The number of rotatable bonds is 7. The average Bonchev–Trinajstić information content (AvgIpc) is 2.73. The zero-order chi connectivity index (χ0) is 19.1. The van der Waals surface area contributed by atoms with Gasteiger partial charge in [-0.15, -0.1) is 0 Å². The molecule has 27 heavy (non-hydrogen) atoms. The second-order valence-electron chi connectivity index (χ2n) is 5.63. The highest BCUT2D eigenvalue weighted by Crippen LogP contribution is 2.30. The van der Waals surface area contributed by atoms with Crippen molar-refractivity contribution in [3.05, 3.63) is 72.2 Å². The minimum atomic E-state index is -0.210. The van der Waals surface area contributed by atoms with Crippen molar-refractivity contribution in [2.45, 2.75) is 6.54 Å². The zero-order valence-electron chi connectivity index (χ0n) is 15.1. The SMILES string of the molecule is COc1ccc(OC)c(Nc2ccc(C(=O)NCc3ccccn3)cn2)c1. The van der Waals surface area contributed by atoms with Crippen LogP contribution in [0.4, 0.5) is 11.5 Å². The molecule has 0 radical (unpaired) electrons. The van der Waals surface area contributed by atoms with Gasteiger partial charge in [0, 0.05) is 18.5 Å². The van der Waals surface area contributed by atoms with Gasteiger partial charge < -0.3 is 20.1 Å². The number of carbonyl (C=O) groups excluding carboxylic acids is 1. The second-order valence-corrected chi connectivity index (χ2v) is 5.63. The summed E-state index contributed by atoms with van der Waals surface area (Å²) in [6.07, 6.45) is 3.21. The molecule has 0 saturated carbocycles. The summed E-state index contributed by atoms with van der Waals surface area (Å²) >= 11 is 0. The Labute approximate surface area is 157 Å². The van der Waals surface area contributed by atoms with Crippen LogP contribution in [0.5, 0.6) is 11.5 Å². The summed E-state index contributed by atoms with van der Waals surface area (Å²) in [7, 11) is 3.19. The Morgan fingerprint density at radius 3 is 2.59 bits per heavy atom. The quantitative estimate of drug-likeness (QED) is 0.670. The Morgan fingerprint density at radius 1 is 1.04 bits per heavy atom. The van der Waals surface area contributed by atoms with Crippen molar-refractivity contribution in [2.75, 3.05) is 19.5 Å². The third kappa shape index (κ3) is 4.72. The molecule has 0 aliphatic heterocycles. The summed E-state index contributed by atoms with van der Waals surface area (Å²) in [5, 5.41) is 5.98. The van der Waals surface area contributed by atoms with Crippen LogP contribution in [0.25, 0.3) is 0 Å². The van der Waals surface area contributed by atoms with E-state index in [1.54, 1.807) is 38.6 Å². The van der Waals surface area contributed by atoms with Crippen LogP contribution in [0.2, 0.25) is 0 Å². The van der Waals surface area contributed by atoms with E-state index in [1.165, 1.54) is 6.20 Å². The number of aromatic nitrogens is 2. The minimum Gasteiger partial charge on any atom is -0.497 e. The topological polar surface area (TPSA) is 85.4 Å². The van der Waals surface area contributed by atoms with E-state index >= 15 is 0 Å². The Bertz CT molecular complexity index is 899. The predicted molar refractivity (Wildman–Crippen MR) is 102 cm³/mol. The number of anilines is 2. The largest absolute Gasteiger partial charge is 0.497 e. The number of nitrogens with one attached hydrogen (secondary N) is 2. The lowest BCUT2D eigenvalue weighted by molar-refractivity contribution is 0.0950. The molecule has 0 saturated heterocycles. The first-order valence-electron chi connectivity index (χ1n) is 8.33. The van der Waals surface area contributed by atoms with Crippen molar-refractivity contribution < 1.29 is 14.3 Å². The van der Waals surface area contributed by atoms with E-state index in [4.69, 9.17) is 9.47 Å². The molecule has 0 unspecified atom stereocenters. The number of pyridine rings is 2. The van der Waals surface area contributed by atoms with Gasteiger partial charge in [0.1, 0.15) is 17.3 Å². The summed E-state index contributed by atoms with van der Waals surface area (Å²) in [5.41, 5.74) is 1.98. The number of nitrogens with zero attached hydrogens (tertiary/aromatic N) is 2. The standard InChI is InChI=1S/C20H20N4O3/c1-26-16-7-8-18(27-2)17(11-16)24-19-9-6-14(12-22-19)20(25)23-13-15-5-3-4-10-21-15/h3-12H,13H2,1-2H3,(H,22,24)(H,23,25). The molecule has 2 N–H and O–H groups in total. The molecule has 0 bridgehead atoms. The maximum absolute atomic E-state index is 12.2. The molecule has 1 amide bonds. The van der Waals surface area contributed by atoms with Gasteiger partial charge in [-0.2, -0.15) is 0 Å². The number of benzene rings is 1. The molecular formula is C20H20N4O3. The Morgan fingerprint density at radius 2 is 1.93 bits per heavy atom. The molecular weight excluding hydrogens is 344 g/mol. The van der Waals surface area contributed by atoms with Gasteiger partial charge >= 0.3 is 0 Å². The van der Waals surface area contributed by atoms with Crippen LogP contribution < -0.4 is 20.1 Å². The van der Waals surface area contributed by atoms with Crippen LogP contribution in [0, 0.1) is 0 Å². The smallest absolute Gasteiger partial charge is 0.253 e. The number of carbonyl (C=O) groups is 1. The first-order chi connectivity index (χ1) is 13.2. The van der Waals surface area contributed by atoms with E-state index in [-0.39, 0.29) is 5.91 Å². The van der Waals surface area contributed by atoms with Gasteiger partial charge in [0.05, 0.1) is 37.7 Å². The van der Waals surface area contributed by atoms with Gasteiger partial charge in [-0.3, -0.25) is 9.78 Å². The summed E-state index contributed by atoms with van der Waals surface area (Å²) in [6.45, 7) is 0.362. The van der Waals surface area contributed by atoms with E-state index in [2.05, 4.69) is 20.6 Å². The van der Waals surface area contributed by atoms with E-state index < -0.39 is 0 Å². The molecule has 0 spiro atoms. The fourth-order valence-electron chi connectivity index (χ4n) is 2.43. The third-order valence-electron chi connectivity index (χ3n) is 3.85. The lowest BCUT2D eigenvalue weighted by Crippen LogP contribution is -2.23. The van der Waals surface area contributed by atoms with Gasteiger partial charge in [-0.05, 0) is 36.4 Å². The van der Waals surface area contributed by atoms with Crippen LogP contribution in [0.15, 0.2) is 60.9 Å². The maximum Gasteiger partial charge on any atom is 0.253 e. The van der Waals surface area contributed by atoms with Crippen LogP contribution in [0.1, 0.15) is 16.1 Å². The van der Waals surface area contributed by atoms with Crippen molar-refractivity contribution in [3.8, 4) is 11.5 Å². The molecule has 0 aliphatic rings. The zero-order valence-corrected chi connectivity index (χ0v) is 15.1. The molecule has 0 atom stereocenters. The number of amides is 1. The Balaban J connectivity index is 1.66. The third-order valence-corrected chi connectivity index (χ3v) is 3.85. The summed E-state index contributed by atoms with van der Waals surface area (Å²) in [6, 6.07) is 14.4. The molecule has 3 aromatic rings. The molecule has 138 valence electrons. The molecule has 1 aromatic carbocycles. The van der Waals surface area contributed by atoms with Crippen LogP contribution >= 0.6 is 0 Å². The van der Waals surface area contributed by atoms with Crippen molar-refractivity contribution in [3.63, 3.8) is 0 Å². The summed E-state index contributed by atoms with van der Waals surface area (Å²) < 4.78 is 10.6. The Kier molecular flexibility index (Phi) is 5.84. The second kappa shape index (κ2) is 8.66. The Hall–Kier alpha value is -3.61. The van der Waals surface area contributed by atoms with E-state index in [0.717, 1.165) is 11.4 Å². The van der Waals surface area contributed by atoms with Crippen LogP contribution in [-0.4, -0.2) is 30.1 Å². The van der Waals surface area contributed by atoms with Gasteiger partial charge in [0.25, 0.3) is 5.91 Å². The van der Waals surface area contributed by atoms with Crippen molar-refractivity contribution in [1.29, 1.82) is 0 Å². The van der Waals surface area contributed by atoms with E-state index in [1.807, 2.05) is 30.3 Å².